The fourth-order valence-corrected chi connectivity index (χ4v) is 1.92. The second kappa shape index (κ2) is 6.72. The minimum Gasteiger partial charge on any atom is -0.406 e. The van der Waals surface area contributed by atoms with E-state index < -0.39 is 0 Å². The van der Waals surface area contributed by atoms with E-state index in [9.17, 15) is 0 Å². The van der Waals surface area contributed by atoms with Gasteiger partial charge in [-0.2, -0.15) is 0 Å². The van der Waals surface area contributed by atoms with Crippen LogP contribution in [0.25, 0.3) is 0 Å². The van der Waals surface area contributed by atoms with Gasteiger partial charge in [0.2, 0.25) is 5.89 Å². The number of hydrogen-bond donors (Lipinski definition) is 2. The Morgan fingerprint density at radius 1 is 1.35 bits per heavy atom. The molecule has 1 heterocycles. The lowest BCUT2D eigenvalue weighted by Gasteiger charge is -2.08. The van der Waals surface area contributed by atoms with Gasteiger partial charge in [-0.05, 0) is 44.5 Å². The van der Waals surface area contributed by atoms with Crippen LogP contribution in [0.5, 0.6) is 0 Å². The van der Waals surface area contributed by atoms with E-state index in [2.05, 4.69) is 27.8 Å². The average Bonchev–Trinajstić information content (AvgIpc) is 2.89. The van der Waals surface area contributed by atoms with Crippen LogP contribution in [0.2, 0.25) is 5.02 Å². The summed E-state index contributed by atoms with van der Waals surface area (Å²) < 4.78 is 5.59. The summed E-state index contributed by atoms with van der Waals surface area (Å²) in [6.07, 6.45) is 1.06. The summed E-state index contributed by atoms with van der Waals surface area (Å²) in [5.41, 5.74) is 1.87. The number of anilines is 2. The molecule has 0 spiro atoms. The molecule has 0 saturated heterocycles. The lowest BCUT2D eigenvalue weighted by molar-refractivity contribution is 0.424. The summed E-state index contributed by atoms with van der Waals surface area (Å²) in [7, 11) is 0. The number of halogens is 1. The van der Waals surface area contributed by atoms with Gasteiger partial charge in [0.15, 0.2) is 0 Å². The van der Waals surface area contributed by atoms with Gasteiger partial charge in [0.1, 0.15) is 0 Å². The van der Waals surface area contributed by atoms with Gasteiger partial charge in [0.25, 0.3) is 0 Å². The zero-order valence-corrected chi connectivity index (χ0v) is 12.7. The highest BCUT2D eigenvalue weighted by atomic mass is 35.5. The van der Waals surface area contributed by atoms with E-state index in [4.69, 9.17) is 16.0 Å². The molecule has 0 saturated carbocycles. The van der Waals surface area contributed by atoms with E-state index in [1.807, 2.05) is 32.0 Å². The highest BCUT2D eigenvalue weighted by molar-refractivity contribution is 6.33. The van der Waals surface area contributed by atoms with Gasteiger partial charge in [0, 0.05) is 0 Å². The molecule has 0 aliphatic carbocycles. The third kappa shape index (κ3) is 3.71. The lowest BCUT2D eigenvalue weighted by atomic mass is 10.2. The molecule has 2 aromatic rings. The fourth-order valence-electron chi connectivity index (χ4n) is 1.76. The number of benzene rings is 1. The number of rotatable bonds is 6. The highest BCUT2D eigenvalue weighted by Gasteiger charge is 2.13. The maximum absolute atomic E-state index is 6.12. The summed E-state index contributed by atoms with van der Waals surface area (Å²) in [6.45, 7) is 7.01. The summed E-state index contributed by atoms with van der Waals surface area (Å²) in [5.74, 6) is 0.560. The predicted octanol–water partition coefficient (Wildman–Crippen LogP) is 3.84. The van der Waals surface area contributed by atoms with Crippen molar-refractivity contribution in [1.29, 1.82) is 0 Å². The molecule has 2 N–H and O–H groups in total. The van der Waals surface area contributed by atoms with E-state index in [1.54, 1.807) is 0 Å². The van der Waals surface area contributed by atoms with Gasteiger partial charge in [-0.15, -0.1) is 5.10 Å². The van der Waals surface area contributed by atoms with E-state index >= 15 is 0 Å². The van der Waals surface area contributed by atoms with E-state index in [1.165, 1.54) is 0 Å². The van der Waals surface area contributed by atoms with Crippen molar-refractivity contribution in [3.63, 3.8) is 0 Å². The lowest BCUT2D eigenvalue weighted by Crippen LogP contribution is -2.19. The third-order valence-corrected chi connectivity index (χ3v) is 3.20. The van der Waals surface area contributed by atoms with E-state index in [0.717, 1.165) is 24.2 Å². The molecule has 108 valence electrons. The second-order valence-corrected chi connectivity index (χ2v) is 5.14. The Balaban J connectivity index is 2.07. The number of aromatic nitrogens is 2. The van der Waals surface area contributed by atoms with Crippen molar-refractivity contribution in [2.45, 2.75) is 33.2 Å². The minimum atomic E-state index is 0.0333. The molecule has 1 aromatic carbocycles. The van der Waals surface area contributed by atoms with Crippen LogP contribution in [0.1, 0.15) is 37.8 Å². The zero-order valence-electron chi connectivity index (χ0n) is 11.9. The van der Waals surface area contributed by atoms with Crippen molar-refractivity contribution in [1.82, 2.24) is 15.5 Å². The molecule has 0 aliphatic heterocycles. The first-order chi connectivity index (χ1) is 9.60. The first-order valence-corrected chi connectivity index (χ1v) is 7.08. The van der Waals surface area contributed by atoms with Crippen LogP contribution in [0.3, 0.4) is 0 Å². The number of hydrogen-bond acceptors (Lipinski definition) is 5. The smallest absolute Gasteiger partial charge is 0.320 e. The normalized spacial score (nSPS) is 12.4. The molecule has 0 fully saturated rings. The van der Waals surface area contributed by atoms with Crippen molar-refractivity contribution in [3.05, 3.63) is 34.7 Å². The number of aryl methyl sites for hydroxylation is 1. The van der Waals surface area contributed by atoms with Crippen molar-refractivity contribution in [3.8, 4) is 0 Å². The third-order valence-electron chi connectivity index (χ3n) is 2.88. The molecular weight excluding hydrogens is 276 g/mol. The maximum atomic E-state index is 6.12. The van der Waals surface area contributed by atoms with Gasteiger partial charge >= 0.3 is 6.01 Å². The molecule has 1 aromatic heterocycles. The van der Waals surface area contributed by atoms with Crippen LogP contribution < -0.4 is 10.6 Å². The quantitative estimate of drug-likeness (QED) is 0.847. The van der Waals surface area contributed by atoms with Gasteiger partial charge in [-0.1, -0.05) is 29.7 Å². The van der Waals surface area contributed by atoms with E-state index in [0.29, 0.717) is 16.9 Å². The summed E-state index contributed by atoms with van der Waals surface area (Å²) in [4.78, 5) is 0. The van der Waals surface area contributed by atoms with Crippen LogP contribution in [0.15, 0.2) is 22.6 Å². The molecule has 6 heteroatoms. The Labute approximate surface area is 123 Å². The van der Waals surface area contributed by atoms with Crippen LogP contribution in [-0.2, 0) is 0 Å². The largest absolute Gasteiger partial charge is 0.406 e. The van der Waals surface area contributed by atoms with Crippen LogP contribution in [-0.4, -0.2) is 16.7 Å². The van der Waals surface area contributed by atoms with Crippen LogP contribution in [0, 0.1) is 6.92 Å². The monoisotopic (exact) mass is 294 g/mol. The molecular formula is C14H19ClN4O. The van der Waals surface area contributed by atoms with Gasteiger partial charge in [-0.25, -0.2) is 0 Å². The maximum Gasteiger partial charge on any atom is 0.320 e. The van der Waals surface area contributed by atoms with Crippen molar-refractivity contribution in [2.75, 3.05) is 11.9 Å². The molecule has 0 radical (unpaired) electrons. The van der Waals surface area contributed by atoms with Crippen LogP contribution >= 0.6 is 11.6 Å². The van der Waals surface area contributed by atoms with Gasteiger partial charge in [0.05, 0.1) is 16.8 Å². The predicted molar refractivity (Wildman–Crippen MR) is 80.5 cm³/mol. The Hall–Kier alpha value is -1.59. The minimum absolute atomic E-state index is 0.0333. The first-order valence-electron chi connectivity index (χ1n) is 6.70. The Morgan fingerprint density at radius 2 is 2.15 bits per heavy atom. The van der Waals surface area contributed by atoms with Crippen molar-refractivity contribution in [2.24, 2.45) is 0 Å². The highest BCUT2D eigenvalue weighted by Crippen LogP contribution is 2.26. The van der Waals surface area contributed by atoms with Crippen LogP contribution in [0.4, 0.5) is 11.7 Å². The molecule has 0 aliphatic rings. The van der Waals surface area contributed by atoms with Gasteiger partial charge < -0.3 is 15.1 Å². The summed E-state index contributed by atoms with van der Waals surface area (Å²) in [5, 5.41) is 15.0. The molecule has 2 rings (SSSR count). The van der Waals surface area contributed by atoms with E-state index in [-0.39, 0.29) is 6.04 Å². The number of nitrogens with one attached hydrogen (secondary N) is 2. The second-order valence-electron chi connectivity index (χ2n) is 4.73. The molecule has 1 atom stereocenters. The Bertz CT molecular complexity index is 570. The van der Waals surface area contributed by atoms with Crippen molar-refractivity contribution < 1.29 is 4.42 Å². The molecule has 0 amide bonds. The fraction of sp³-hybridized carbons (Fsp3) is 0.429. The Kier molecular flexibility index (Phi) is 4.98. The standard InChI is InChI=1S/C14H19ClN4O/c1-4-7-16-10(3)13-18-19-14(20-13)17-12-8-9(2)5-6-11(12)15/h5-6,8,10,16H,4,7H2,1-3H3,(H,17,19). The molecule has 20 heavy (non-hydrogen) atoms. The SMILES string of the molecule is CCCNC(C)c1nnc(Nc2cc(C)ccc2Cl)o1. The summed E-state index contributed by atoms with van der Waals surface area (Å²) >= 11 is 6.12. The molecule has 1 unspecified atom stereocenters. The van der Waals surface area contributed by atoms with Crippen molar-refractivity contribution >= 4 is 23.3 Å². The van der Waals surface area contributed by atoms with Gasteiger partial charge in [-0.3, -0.25) is 0 Å². The Morgan fingerprint density at radius 3 is 2.90 bits per heavy atom. The number of nitrogens with zero attached hydrogens (tertiary/aromatic N) is 2. The molecule has 5 nitrogen and oxygen atoms in total. The topological polar surface area (TPSA) is 63.0 Å². The average molecular weight is 295 g/mol. The summed E-state index contributed by atoms with van der Waals surface area (Å²) in [6, 6.07) is 6.10. The molecule has 0 bridgehead atoms. The zero-order chi connectivity index (χ0) is 14.5. The first kappa shape index (κ1) is 14.8.